The van der Waals surface area contributed by atoms with E-state index in [1.807, 2.05) is 11.6 Å². The molecule has 0 spiro atoms. The van der Waals surface area contributed by atoms with Gasteiger partial charge >= 0.3 is 5.97 Å². The van der Waals surface area contributed by atoms with Gasteiger partial charge in [0.25, 0.3) is 0 Å². The van der Waals surface area contributed by atoms with Crippen LogP contribution in [0.2, 0.25) is 0 Å². The van der Waals surface area contributed by atoms with Crippen LogP contribution in [0.5, 0.6) is 0 Å². The number of aromatic nitrogens is 3. The van der Waals surface area contributed by atoms with E-state index < -0.39 is 5.97 Å². The topological polar surface area (TPSA) is 68.0 Å². The van der Waals surface area contributed by atoms with Crippen LogP contribution in [0.3, 0.4) is 0 Å². The zero-order chi connectivity index (χ0) is 10.1. The van der Waals surface area contributed by atoms with E-state index in [0.29, 0.717) is 6.42 Å². The van der Waals surface area contributed by atoms with Gasteiger partial charge in [-0.1, -0.05) is 0 Å². The summed E-state index contributed by atoms with van der Waals surface area (Å²) in [7, 11) is 1.89. The molecule has 0 bridgehead atoms. The van der Waals surface area contributed by atoms with Gasteiger partial charge < -0.3 is 9.67 Å². The number of aliphatic carboxylic acids is 1. The Morgan fingerprint density at radius 1 is 1.64 bits per heavy atom. The molecule has 5 heteroatoms. The van der Waals surface area contributed by atoms with Crippen LogP contribution < -0.4 is 0 Å². The number of hydrogen-bond donors (Lipinski definition) is 1. The summed E-state index contributed by atoms with van der Waals surface area (Å²) in [6, 6.07) is 0. The van der Waals surface area contributed by atoms with Crippen molar-refractivity contribution in [1.82, 2.24) is 14.8 Å². The number of rotatable bonds is 2. The minimum absolute atomic E-state index is 0.198. The molecule has 1 aliphatic carbocycles. The molecular formula is C9H13N3O2. The summed E-state index contributed by atoms with van der Waals surface area (Å²) in [4.78, 5) is 10.8. The van der Waals surface area contributed by atoms with Gasteiger partial charge in [-0.25, -0.2) is 0 Å². The molecule has 1 saturated carbocycles. The summed E-state index contributed by atoms with van der Waals surface area (Å²) >= 11 is 0. The zero-order valence-corrected chi connectivity index (χ0v) is 8.05. The highest BCUT2D eigenvalue weighted by molar-refractivity contribution is 5.70. The van der Waals surface area contributed by atoms with Crippen molar-refractivity contribution in [3.8, 4) is 0 Å². The molecule has 2 rings (SSSR count). The summed E-state index contributed by atoms with van der Waals surface area (Å²) < 4.78 is 1.87. The van der Waals surface area contributed by atoms with E-state index in [4.69, 9.17) is 5.11 Å². The number of hydrogen-bond acceptors (Lipinski definition) is 3. The quantitative estimate of drug-likeness (QED) is 0.757. The van der Waals surface area contributed by atoms with Crippen LogP contribution in [-0.2, 0) is 11.8 Å². The average Bonchev–Trinajstić information content (AvgIpc) is 2.71. The van der Waals surface area contributed by atoms with Gasteiger partial charge in [0.15, 0.2) is 0 Å². The standard InChI is InChI=1S/C9H13N3O2/c1-12-5-10-11-8(12)6-2-3-7(4-6)9(13)14/h5-7H,2-4H2,1H3,(H,13,14). The number of nitrogens with zero attached hydrogens (tertiary/aromatic N) is 3. The summed E-state index contributed by atoms with van der Waals surface area (Å²) in [5, 5.41) is 16.7. The number of carboxylic acid groups (broad SMARTS) is 1. The van der Waals surface area contributed by atoms with Crippen LogP contribution >= 0.6 is 0 Å². The lowest BCUT2D eigenvalue weighted by molar-refractivity contribution is -0.141. The summed E-state index contributed by atoms with van der Waals surface area (Å²) in [6.07, 6.45) is 4.02. The zero-order valence-electron chi connectivity index (χ0n) is 8.05. The Bertz CT molecular complexity index is 348. The van der Waals surface area contributed by atoms with Crippen molar-refractivity contribution in [2.75, 3.05) is 0 Å². The summed E-state index contributed by atoms with van der Waals surface area (Å²) in [6.45, 7) is 0. The molecule has 0 radical (unpaired) electrons. The predicted molar refractivity (Wildman–Crippen MR) is 48.7 cm³/mol. The van der Waals surface area contributed by atoms with E-state index in [2.05, 4.69) is 10.2 Å². The SMILES string of the molecule is Cn1cnnc1C1CCC(C(=O)O)C1. The van der Waals surface area contributed by atoms with Gasteiger partial charge in [0.2, 0.25) is 0 Å². The average molecular weight is 195 g/mol. The van der Waals surface area contributed by atoms with Gasteiger partial charge in [-0.2, -0.15) is 0 Å². The minimum Gasteiger partial charge on any atom is -0.481 e. The highest BCUT2D eigenvalue weighted by Crippen LogP contribution is 2.37. The Morgan fingerprint density at radius 2 is 2.43 bits per heavy atom. The molecule has 2 atom stereocenters. The lowest BCUT2D eigenvalue weighted by Gasteiger charge is -2.07. The first-order valence-electron chi connectivity index (χ1n) is 4.75. The lowest BCUT2D eigenvalue weighted by Crippen LogP contribution is -2.10. The molecule has 14 heavy (non-hydrogen) atoms. The third-order valence-electron chi connectivity index (χ3n) is 2.89. The van der Waals surface area contributed by atoms with Crippen LogP contribution in [-0.4, -0.2) is 25.8 Å². The molecule has 0 aromatic carbocycles. The monoisotopic (exact) mass is 195 g/mol. The van der Waals surface area contributed by atoms with Crippen LogP contribution in [0.15, 0.2) is 6.33 Å². The fourth-order valence-corrected chi connectivity index (χ4v) is 2.10. The molecule has 1 aromatic heterocycles. The summed E-state index contributed by atoms with van der Waals surface area (Å²) in [5.74, 6) is 0.295. The molecule has 0 aliphatic heterocycles. The molecule has 0 amide bonds. The molecular weight excluding hydrogens is 182 g/mol. The Labute approximate surface area is 81.8 Å². The first-order valence-corrected chi connectivity index (χ1v) is 4.75. The van der Waals surface area contributed by atoms with Crippen LogP contribution in [0.4, 0.5) is 0 Å². The van der Waals surface area contributed by atoms with E-state index >= 15 is 0 Å². The minimum atomic E-state index is -0.685. The van der Waals surface area contributed by atoms with Gasteiger partial charge in [-0.15, -0.1) is 10.2 Å². The second-order valence-corrected chi connectivity index (χ2v) is 3.85. The molecule has 5 nitrogen and oxygen atoms in total. The van der Waals surface area contributed by atoms with Crippen LogP contribution in [0, 0.1) is 5.92 Å². The normalized spacial score (nSPS) is 26.6. The molecule has 1 N–H and O–H groups in total. The molecule has 0 saturated heterocycles. The maximum absolute atomic E-state index is 10.8. The molecule has 1 aliphatic rings. The largest absolute Gasteiger partial charge is 0.481 e. The van der Waals surface area contributed by atoms with Crippen molar-refractivity contribution in [2.24, 2.45) is 13.0 Å². The Balaban J connectivity index is 2.10. The van der Waals surface area contributed by atoms with E-state index in [1.165, 1.54) is 0 Å². The van der Waals surface area contributed by atoms with E-state index in [9.17, 15) is 4.79 Å². The van der Waals surface area contributed by atoms with Crippen molar-refractivity contribution in [3.63, 3.8) is 0 Å². The number of carboxylic acids is 1. The van der Waals surface area contributed by atoms with Crippen molar-refractivity contribution < 1.29 is 9.90 Å². The van der Waals surface area contributed by atoms with Gasteiger partial charge in [-0.05, 0) is 19.3 Å². The van der Waals surface area contributed by atoms with Gasteiger partial charge in [0.1, 0.15) is 12.2 Å². The first-order chi connectivity index (χ1) is 6.68. The second-order valence-electron chi connectivity index (χ2n) is 3.85. The maximum Gasteiger partial charge on any atom is 0.306 e. The fraction of sp³-hybridized carbons (Fsp3) is 0.667. The van der Waals surface area contributed by atoms with Crippen LogP contribution in [0.1, 0.15) is 31.0 Å². The van der Waals surface area contributed by atoms with Crippen molar-refractivity contribution in [1.29, 1.82) is 0 Å². The summed E-state index contributed by atoms with van der Waals surface area (Å²) in [5.41, 5.74) is 0. The van der Waals surface area contributed by atoms with Crippen molar-refractivity contribution in [2.45, 2.75) is 25.2 Å². The number of aryl methyl sites for hydroxylation is 1. The Morgan fingerprint density at radius 3 is 2.93 bits per heavy atom. The predicted octanol–water partition coefficient (Wildman–Crippen LogP) is 0.783. The molecule has 1 aromatic rings. The smallest absolute Gasteiger partial charge is 0.306 e. The van der Waals surface area contributed by atoms with E-state index in [-0.39, 0.29) is 11.8 Å². The molecule has 1 heterocycles. The lowest BCUT2D eigenvalue weighted by atomic mass is 10.0. The molecule has 1 fully saturated rings. The third kappa shape index (κ3) is 1.49. The molecule has 76 valence electrons. The highest BCUT2D eigenvalue weighted by atomic mass is 16.4. The number of carbonyl (C=O) groups is 1. The van der Waals surface area contributed by atoms with Crippen molar-refractivity contribution >= 4 is 5.97 Å². The highest BCUT2D eigenvalue weighted by Gasteiger charge is 2.32. The van der Waals surface area contributed by atoms with Gasteiger partial charge in [0.05, 0.1) is 5.92 Å². The van der Waals surface area contributed by atoms with Gasteiger partial charge in [0, 0.05) is 13.0 Å². The fourth-order valence-electron chi connectivity index (χ4n) is 2.10. The van der Waals surface area contributed by atoms with Crippen molar-refractivity contribution in [3.05, 3.63) is 12.2 Å². The van der Waals surface area contributed by atoms with E-state index in [0.717, 1.165) is 18.7 Å². The first kappa shape index (κ1) is 9.18. The third-order valence-corrected chi connectivity index (χ3v) is 2.89. The second kappa shape index (κ2) is 3.40. The van der Waals surface area contributed by atoms with Crippen LogP contribution in [0.25, 0.3) is 0 Å². The Hall–Kier alpha value is -1.39. The van der Waals surface area contributed by atoms with Gasteiger partial charge in [-0.3, -0.25) is 4.79 Å². The molecule has 2 unspecified atom stereocenters. The maximum atomic E-state index is 10.8. The van der Waals surface area contributed by atoms with E-state index in [1.54, 1.807) is 6.33 Å². The Kier molecular flexibility index (Phi) is 2.23.